The van der Waals surface area contributed by atoms with Gasteiger partial charge in [-0.3, -0.25) is 0 Å². The van der Waals surface area contributed by atoms with Crippen LogP contribution in [0.1, 0.15) is 44.9 Å². The Kier molecular flexibility index (Phi) is 3.15. The zero-order valence-corrected chi connectivity index (χ0v) is 11.9. The van der Waals surface area contributed by atoms with E-state index in [2.05, 4.69) is 4.98 Å². The van der Waals surface area contributed by atoms with Gasteiger partial charge < -0.3 is 10.3 Å². The SMILES string of the molecule is CC1(n2c(C(F)(F)F)nc3cc(N)ccc32)CCCCC1. The lowest BCUT2D eigenvalue weighted by molar-refractivity contribution is -0.149. The summed E-state index contributed by atoms with van der Waals surface area (Å²) < 4.78 is 41.6. The molecule has 0 unspecified atom stereocenters. The largest absolute Gasteiger partial charge is 0.449 e. The van der Waals surface area contributed by atoms with Gasteiger partial charge in [0.15, 0.2) is 0 Å². The molecule has 0 aliphatic heterocycles. The van der Waals surface area contributed by atoms with Crippen molar-refractivity contribution in [2.45, 2.75) is 50.7 Å². The first-order chi connectivity index (χ1) is 9.81. The Balaban J connectivity index is 2.27. The number of hydrogen-bond donors (Lipinski definition) is 1. The van der Waals surface area contributed by atoms with Crippen LogP contribution in [-0.2, 0) is 11.7 Å². The minimum atomic E-state index is -4.46. The van der Waals surface area contributed by atoms with Crippen molar-refractivity contribution in [1.29, 1.82) is 0 Å². The van der Waals surface area contributed by atoms with Crippen molar-refractivity contribution in [2.24, 2.45) is 0 Å². The van der Waals surface area contributed by atoms with Crippen molar-refractivity contribution in [3.05, 3.63) is 24.0 Å². The van der Waals surface area contributed by atoms with E-state index < -0.39 is 17.5 Å². The van der Waals surface area contributed by atoms with Gasteiger partial charge >= 0.3 is 6.18 Å². The normalized spacial score (nSPS) is 19.0. The van der Waals surface area contributed by atoms with E-state index in [0.29, 0.717) is 16.7 Å². The number of fused-ring (bicyclic) bond motifs is 1. The number of imidazole rings is 1. The molecular weight excluding hydrogens is 279 g/mol. The number of nitrogen functional groups attached to an aromatic ring is 1. The third-order valence-corrected chi connectivity index (χ3v) is 4.40. The van der Waals surface area contributed by atoms with Gasteiger partial charge in [-0.25, -0.2) is 4.98 Å². The summed E-state index contributed by atoms with van der Waals surface area (Å²) in [6.07, 6.45) is -0.00647. The summed E-state index contributed by atoms with van der Waals surface area (Å²) in [4.78, 5) is 3.82. The number of benzene rings is 1. The monoisotopic (exact) mass is 297 g/mol. The molecule has 1 aromatic carbocycles. The van der Waals surface area contributed by atoms with E-state index in [-0.39, 0.29) is 0 Å². The van der Waals surface area contributed by atoms with Gasteiger partial charge in [0.25, 0.3) is 0 Å². The van der Waals surface area contributed by atoms with Gasteiger partial charge in [0.1, 0.15) is 0 Å². The molecule has 1 aromatic heterocycles. The summed E-state index contributed by atoms with van der Waals surface area (Å²) in [6, 6.07) is 4.78. The number of nitrogens with two attached hydrogens (primary N) is 1. The smallest absolute Gasteiger partial charge is 0.399 e. The summed E-state index contributed by atoms with van der Waals surface area (Å²) >= 11 is 0. The van der Waals surface area contributed by atoms with Crippen LogP contribution in [0.15, 0.2) is 18.2 Å². The highest BCUT2D eigenvalue weighted by Gasteiger charge is 2.43. The van der Waals surface area contributed by atoms with Crippen LogP contribution in [0.2, 0.25) is 0 Å². The molecule has 3 rings (SSSR count). The average Bonchev–Trinajstić information content (AvgIpc) is 2.78. The summed E-state index contributed by atoms with van der Waals surface area (Å²) in [5.74, 6) is -0.813. The van der Waals surface area contributed by atoms with E-state index >= 15 is 0 Å². The maximum Gasteiger partial charge on any atom is 0.449 e. The molecule has 0 spiro atoms. The van der Waals surface area contributed by atoms with Crippen molar-refractivity contribution in [3.63, 3.8) is 0 Å². The number of aromatic nitrogens is 2. The van der Waals surface area contributed by atoms with Gasteiger partial charge in [0.05, 0.1) is 11.0 Å². The van der Waals surface area contributed by atoms with E-state index in [4.69, 9.17) is 5.73 Å². The van der Waals surface area contributed by atoms with Crippen molar-refractivity contribution < 1.29 is 13.2 Å². The lowest BCUT2D eigenvalue weighted by atomic mass is 9.83. The van der Waals surface area contributed by atoms with E-state index in [1.807, 2.05) is 6.92 Å². The maximum absolute atomic E-state index is 13.4. The lowest BCUT2D eigenvalue weighted by Gasteiger charge is -2.37. The Hall–Kier alpha value is -1.72. The second-order valence-electron chi connectivity index (χ2n) is 6.07. The summed E-state index contributed by atoms with van der Waals surface area (Å²) in [5.41, 5.74) is 6.39. The van der Waals surface area contributed by atoms with Gasteiger partial charge in [0, 0.05) is 11.2 Å². The molecule has 1 heterocycles. The summed E-state index contributed by atoms with van der Waals surface area (Å²) in [5, 5.41) is 0. The Morgan fingerprint density at radius 2 is 1.86 bits per heavy atom. The Bertz CT molecular complexity index is 667. The molecule has 1 fully saturated rings. The second kappa shape index (κ2) is 4.64. The molecule has 0 bridgehead atoms. The predicted molar refractivity (Wildman–Crippen MR) is 75.9 cm³/mol. The van der Waals surface area contributed by atoms with Crippen LogP contribution >= 0.6 is 0 Å². The summed E-state index contributed by atoms with van der Waals surface area (Å²) in [6.45, 7) is 1.90. The van der Waals surface area contributed by atoms with Crippen molar-refractivity contribution in [1.82, 2.24) is 9.55 Å². The molecule has 0 radical (unpaired) electrons. The minimum absolute atomic E-state index is 0.314. The standard InChI is InChI=1S/C15H18F3N3/c1-14(7-3-2-4-8-14)21-12-6-5-10(19)9-11(12)20-13(21)15(16,17)18/h5-6,9H,2-4,7-8,19H2,1H3. The molecule has 0 amide bonds. The van der Waals surface area contributed by atoms with Gasteiger partial charge in [-0.05, 0) is 38.0 Å². The molecule has 0 atom stereocenters. The number of rotatable bonds is 1. The van der Waals surface area contributed by atoms with Crippen molar-refractivity contribution >= 4 is 16.7 Å². The van der Waals surface area contributed by atoms with Crippen LogP contribution in [0.4, 0.5) is 18.9 Å². The molecule has 2 aromatic rings. The molecule has 6 heteroatoms. The number of halogens is 3. The van der Waals surface area contributed by atoms with Crippen LogP contribution in [0.5, 0.6) is 0 Å². The zero-order valence-electron chi connectivity index (χ0n) is 11.9. The molecular formula is C15H18F3N3. The highest BCUT2D eigenvalue weighted by Crippen LogP contribution is 2.42. The predicted octanol–water partition coefficient (Wildman–Crippen LogP) is 4.32. The quantitative estimate of drug-likeness (QED) is 0.797. The summed E-state index contributed by atoms with van der Waals surface area (Å²) in [7, 11) is 0. The zero-order chi connectivity index (χ0) is 15.3. The number of alkyl halides is 3. The average molecular weight is 297 g/mol. The minimum Gasteiger partial charge on any atom is -0.399 e. The molecule has 2 N–H and O–H groups in total. The number of nitrogens with zero attached hydrogens (tertiary/aromatic N) is 2. The number of hydrogen-bond acceptors (Lipinski definition) is 2. The second-order valence-corrected chi connectivity index (χ2v) is 6.07. The Morgan fingerprint density at radius 1 is 1.19 bits per heavy atom. The van der Waals surface area contributed by atoms with E-state index in [1.54, 1.807) is 12.1 Å². The van der Waals surface area contributed by atoms with E-state index in [9.17, 15) is 13.2 Å². The first-order valence-corrected chi connectivity index (χ1v) is 7.17. The van der Waals surface area contributed by atoms with E-state index in [1.165, 1.54) is 10.6 Å². The highest BCUT2D eigenvalue weighted by molar-refractivity contribution is 5.80. The fourth-order valence-electron chi connectivity index (χ4n) is 3.37. The van der Waals surface area contributed by atoms with Crippen LogP contribution in [0.25, 0.3) is 11.0 Å². The molecule has 114 valence electrons. The fourth-order valence-corrected chi connectivity index (χ4v) is 3.37. The third kappa shape index (κ3) is 2.36. The van der Waals surface area contributed by atoms with Gasteiger partial charge in [-0.15, -0.1) is 0 Å². The van der Waals surface area contributed by atoms with Gasteiger partial charge in [0.2, 0.25) is 5.82 Å². The van der Waals surface area contributed by atoms with E-state index in [0.717, 1.165) is 32.1 Å². The first kappa shape index (κ1) is 14.2. The number of anilines is 1. The lowest BCUT2D eigenvalue weighted by Crippen LogP contribution is -2.35. The maximum atomic E-state index is 13.4. The Morgan fingerprint density at radius 3 is 2.48 bits per heavy atom. The van der Waals surface area contributed by atoms with Crippen LogP contribution < -0.4 is 5.73 Å². The molecule has 1 aliphatic rings. The van der Waals surface area contributed by atoms with Gasteiger partial charge in [-0.2, -0.15) is 13.2 Å². The molecule has 0 saturated heterocycles. The fraction of sp³-hybridized carbons (Fsp3) is 0.533. The topological polar surface area (TPSA) is 43.8 Å². The van der Waals surface area contributed by atoms with Crippen LogP contribution in [-0.4, -0.2) is 9.55 Å². The first-order valence-electron chi connectivity index (χ1n) is 7.17. The van der Waals surface area contributed by atoms with Crippen LogP contribution in [0, 0.1) is 0 Å². The third-order valence-electron chi connectivity index (χ3n) is 4.40. The van der Waals surface area contributed by atoms with Gasteiger partial charge in [-0.1, -0.05) is 19.3 Å². The Labute approximate surface area is 121 Å². The van der Waals surface area contributed by atoms with Crippen LogP contribution in [0.3, 0.4) is 0 Å². The molecule has 3 nitrogen and oxygen atoms in total. The van der Waals surface area contributed by atoms with Crippen molar-refractivity contribution in [2.75, 3.05) is 5.73 Å². The highest BCUT2D eigenvalue weighted by atomic mass is 19.4. The molecule has 1 saturated carbocycles. The molecule has 21 heavy (non-hydrogen) atoms. The molecule has 1 aliphatic carbocycles. The van der Waals surface area contributed by atoms with Crippen molar-refractivity contribution in [3.8, 4) is 0 Å².